The van der Waals surface area contributed by atoms with Gasteiger partial charge in [0.15, 0.2) is 0 Å². The van der Waals surface area contributed by atoms with E-state index in [1.807, 2.05) is 0 Å². The summed E-state index contributed by atoms with van der Waals surface area (Å²) in [5, 5.41) is 0. The summed E-state index contributed by atoms with van der Waals surface area (Å²) in [7, 11) is 0. The topological polar surface area (TPSA) is 0 Å². The fourth-order valence-electron chi connectivity index (χ4n) is 3.07. The zero-order valence-corrected chi connectivity index (χ0v) is 11.0. The zero-order valence-electron chi connectivity index (χ0n) is 11.0. The highest BCUT2D eigenvalue weighted by atomic mass is 14.4. The van der Waals surface area contributed by atoms with Crippen molar-refractivity contribution in [3.63, 3.8) is 0 Å². The van der Waals surface area contributed by atoms with Crippen molar-refractivity contribution in [2.75, 3.05) is 0 Å². The van der Waals surface area contributed by atoms with Crippen molar-refractivity contribution in [3.05, 3.63) is 58.7 Å². The molecule has 2 aromatic carbocycles. The van der Waals surface area contributed by atoms with Crippen molar-refractivity contribution in [1.29, 1.82) is 0 Å². The molecule has 0 N–H and O–H groups in total. The first-order valence-electron chi connectivity index (χ1n) is 6.24. The van der Waals surface area contributed by atoms with Crippen molar-refractivity contribution in [1.82, 2.24) is 0 Å². The van der Waals surface area contributed by atoms with Crippen LogP contribution in [0.1, 0.15) is 36.1 Å². The highest BCUT2D eigenvalue weighted by Crippen LogP contribution is 2.50. The highest BCUT2D eigenvalue weighted by Gasteiger charge is 2.35. The van der Waals surface area contributed by atoms with Crippen LogP contribution in [0.4, 0.5) is 0 Å². The monoisotopic (exact) mass is 222 g/mol. The molecule has 0 heterocycles. The molecular formula is C17H18. The number of hydrogen-bond donors (Lipinski definition) is 0. The second-order valence-corrected chi connectivity index (χ2v) is 5.60. The first-order valence-corrected chi connectivity index (χ1v) is 6.24. The minimum atomic E-state index is 0.143. The van der Waals surface area contributed by atoms with E-state index in [2.05, 4.69) is 64.1 Å². The second kappa shape index (κ2) is 3.22. The van der Waals surface area contributed by atoms with E-state index in [1.54, 1.807) is 0 Å². The molecule has 0 bridgehead atoms. The van der Waals surface area contributed by atoms with Crippen LogP contribution in [0.15, 0.2) is 36.4 Å². The smallest absolute Gasteiger partial charge is 0.0158 e. The molecule has 0 spiro atoms. The van der Waals surface area contributed by atoms with Gasteiger partial charge in [0.25, 0.3) is 0 Å². The molecule has 1 aliphatic rings. The van der Waals surface area contributed by atoms with Crippen LogP contribution in [0.2, 0.25) is 0 Å². The lowest BCUT2D eigenvalue weighted by molar-refractivity contribution is 0.660. The maximum Gasteiger partial charge on any atom is 0.0158 e. The molecule has 0 heteroatoms. The molecule has 0 aromatic heterocycles. The number of hydrogen-bond acceptors (Lipinski definition) is 0. The zero-order chi connectivity index (χ0) is 12.2. The Balaban J connectivity index is 2.46. The summed E-state index contributed by atoms with van der Waals surface area (Å²) in [4.78, 5) is 0. The van der Waals surface area contributed by atoms with Crippen LogP contribution in [0.25, 0.3) is 11.1 Å². The average Bonchev–Trinajstić information content (AvgIpc) is 2.54. The Labute approximate surface area is 103 Å². The molecule has 0 amide bonds. The third-order valence-corrected chi connectivity index (χ3v) is 4.28. The Morgan fingerprint density at radius 3 is 2.29 bits per heavy atom. The summed E-state index contributed by atoms with van der Waals surface area (Å²) in [5.41, 5.74) is 8.78. The van der Waals surface area contributed by atoms with E-state index in [-0.39, 0.29) is 5.41 Å². The fraction of sp³-hybridized carbons (Fsp3) is 0.294. The van der Waals surface area contributed by atoms with Gasteiger partial charge in [0.1, 0.15) is 0 Å². The molecule has 3 rings (SSSR count). The van der Waals surface area contributed by atoms with E-state index in [0.29, 0.717) is 0 Å². The minimum Gasteiger partial charge on any atom is -0.0619 e. The number of rotatable bonds is 0. The second-order valence-electron chi connectivity index (χ2n) is 5.60. The van der Waals surface area contributed by atoms with Gasteiger partial charge in [-0.1, -0.05) is 50.2 Å². The van der Waals surface area contributed by atoms with Crippen LogP contribution in [0.3, 0.4) is 0 Å². The molecule has 0 atom stereocenters. The molecular weight excluding hydrogens is 204 g/mol. The molecule has 0 nitrogen and oxygen atoms in total. The lowest BCUT2D eigenvalue weighted by atomic mass is 9.82. The molecule has 17 heavy (non-hydrogen) atoms. The lowest BCUT2D eigenvalue weighted by Crippen LogP contribution is -2.14. The molecule has 0 fully saturated rings. The summed E-state index contributed by atoms with van der Waals surface area (Å²) in [6.45, 7) is 9.09. The van der Waals surface area contributed by atoms with Gasteiger partial charge in [-0.25, -0.2) is 0 Å². The van der Waals surface area contributed by atoms with E-state index < -0.39 is 0 Å². The van der Waals surface area contributed by atoms with Crippen molar-refractivity contribution in [2.24, 2.45) is 0 Å². The van der Waals surface area contributed by atoms with E-state index >= 15 is 0 Å². The van der Waals surface area contributed by atoms with Crippen molar-refractivity contribution in [3.8, 4) is 11.1 Å². The minimum absolute atomic E-state index is 0.143. The third kappa shape index (κ3) is 1.24. The molecule has 0 saturated heterocycles. The van der Waals surface area contributed by atoms with Crippen molar-refractivity contribution < 1.29 is 0 Å². The van der Waals surface area contributed by atoms with E-state index in [9.17, 15) is 0 Å². The summed E-state index contributed by atoms with van der Waals surface area (Å²) in [5.74, 6) is 0. The molecule has 0 aliphatic heterocycles. The Kier molecular flexibility index (Phi) is 2.01. The molecule has 2 aromatic rings. The molecule has 0 unspecified atom stereocenters. The average molecular weight is 222 g/mol. The molecule has 0 radical (unpaired) electrons. The Hall–Kier alpha value is -1.56. The van der Waals surface area contributed by atoms with E-state index in [0.717, 1.165) is 0 Å². The van der Waals surface area contributed by atoms with Crippen LogP contribution in [0, 0.1) is 13.8 Å². The van der Waals surface area contributed by atoms with Gasteiger partial charge in [-0.05, 0) is 47.2 Å². The van der Waals surface area contributed by atoms with Crippen LogP contribution >= 0.6 is 0 Å². The maximum atomic E-state index is 2.33. The Morgan fingerprint density at radius 2 is 1.53 bits per heavy atom. The predicted octanol–water partition coefficient (Wildman–Crippen LogP) is 4.61. The first-order chi connectivity index (χ1) is 8.03. The van der Waals surface area contributed by atoms with Gasteiger partial charge in [0.2, 0.25) is 0 Å². The van der Waals surface area contributed by atoms with Gasteiger partial charge in [0, 0.05) is 5.41 Å². The predicted molar refractivity (Wildman–Crippen MR) is 73.5 cm³/mol. The first kappa shape index (κ1) is 10.6. The number of benzene rings is 2. The Morgan fingerprint density at radius 1 is 0.824 bits per heavy atom. The van der Waals surface area contributed by atoms with Crippen molar-refractivity contribution >= 4 is 0 Å². The van der Waals surface area contributed by atoms with Gasteiger partial charge < -0.3 is 0 Å². The van der Waals surface area contributed by atoms with Gasteiger partial charge in [-0.2, -0.15) is 0 Å². The molecule has 1 aliphatic carbocycles. The van der Waals surface area contributed by atoms with Gasteiger partial charge in [-0.3, -0.25) is 0 Å². The maximum absolute atomic E-state index is 2.33. The standard InChI is InChI=1S/C17H18/c1-11-9-10-15-16(12(11)2)13-7-5-6-8-14(13)17(15,3)4/h5-10H,1-4H3. The summed E-state index contributed by atoms with van der Waals surface area (Å²) in [6, 6.07) is 13.4. The summed E-state index contributed by atoms with van der Waals surface area (Å²) in [6.07, 6.45) is 0. The Bertz CT molecular complexity index is 603. The van der Waals surface area contributed by atoms with Crippen LogP contribution in [-0.2, 0) is 5.41 Å². The van der Waals surface area contributed by atoms with Crippen molar-refractivity contribution in [2.45, 2.75) is 33.1 Å². The summed E-state index contributed by atoms with van der Waals surface area (Å²) >= 11 is 0. The molecule has 0 saturated carbocycles. The van der Waals surface area contributed by atoms with Crippen LogP contribution in [0.5, 0.6) is 0 Å². The number of aryl methyl sites for hydroxylation is 1. The molecule has 86 valence electrons. The summed E-state index contributed by atoms with van der Waals surface area (Å²) < 4.78 is 0. The van der Waals surface area contributed by atoms with E-state index in [1.165, 1.54) is 33.4 Å². The highest BCUT2D eigenvalue weighted by molar-refractivity contribution is 5.83. The van der Waals surface area contributed by atoms with Gasteiger partial charge >= 0.3 is 0 Å². The largest absolute Gasteiger partial charge is 0.0619 e. The van der Waals surface area contributed by atoms with Crippen LogP contribution in [-0.4, -0.2) is 0 Å². The quantitative estimate of drug-likeness (QED) is 0.610. The SMILES string of the molecule is Cc1ccc2c(c1C)-c1ccccc1C2(C)C. The van der Waals surface area contributed by atoms with E-state index in [4.69, 9.17) is 0 Å². The fourth-order valence-corrected chi connectivity index (χ4v) is 3.07. The third-order valence-electron chi connectivity index (χ3n) is 4.28. The van der Waals surface area contributed by atoms with Gasteiger partial charge in [0.05, 0.1) is 0 Å². The lowest BCUT2D eigenvalue weighted by Gasteiger charge is -2.21. The number of fused-ring (bicyclic) bond motifs is 3. The van der Waals surface area contributed by atoms with Crippen LogP contribution < -0.4 is 0 Å². The normalized spacial score (nSPS) is 15.5. The van der Waals surface area contributed by atoms with Gasteiger partial charge in [-0.15, -0.1) is 0 Å².